The first-order chi connectivity index (χ1) is 15.5. The van der Waals surface area contributed by atoms with E-state index in [9.17, 15) is 13.2 Å². The fourth-order valence-electron chi connectivity index (χ4n) is 3.38. The van der Waals surface area contributed by atoms with Gasteiger partial charge in [-0.25, -0.2) is 4.98 Å². The summed E-state index contributed by atoms with van der Waals surface area (Å²) in [5.74, 6) is 0.338. The Morgan fingerprint density at radius 1 is 0.906 bits per heavy atom. The fourth-order valence-corrected chi connectivity index (χ4v) is 4.27. The standard InChI is InChI=1S/C24H23N3O4S/c28-24(25-18-19-9-3-1-4-10-19)17-23-26-21-13-7-8-14-22(21)27(23)15-16-32(29,30)31-20-11-5-2-6-12-20/h1-14H,15-18H2,(H,25,28). The summed E-state index contributed by atoms with van der Waals surface area (Å²) in [4.78, 5) is 17.1. The Labute approximate surface area is 186 Å². The van der Waals surface area contributed by atoms with E-state index in [-0.39, 0.29) is 30.4 Å². The minimum atomic E-state index is -3.82. The number of hydrogen-bond donors (Lipinski definition) is 1. The summed E-state index contributed by atoms with van der Waals surface area (Å²) in [6, 6.07) is 25.4. The van der Waals surface area contributed by atoms with Crippen LogP contribution >= 0.6 is 0 Å². The van der Waals surface area contributed by atoms with Gasteiger partial charge in [-0.05, 0) is 29.8 Å². The number of hydrogen-bond acceptors (Lipinski definition) is 5. The van der Waals surface area contributed by atoms with Crippen LogP contribution in [0.15, 0.2) is 84.9 Å². The second-order valence-corrected chi connectivity index (χ2v) is 8.96. The first kappa shape index (κ1) is 21.6. The second-order valence-electron chi connectivity index (χ2n) is 7.27. The van der Waals surface area contributed by atoms with Crippen molar-refractivity contribution in [1.82, 2.24) is 14.9 Å². The van der Waals surface area contributed by atoms with E-state index in [1.165, 1.54) is 0 Å². The minimum absolute atomic E-state index is 0.0428. The van der Waals surface area contributed by atoms with Crippen LogP contribution in [0.2, 0.25) is 0 Å². The van der Waals surface area contributed by atoms with E-state index in [2.05, 4.69) is 10.3 Å². The quantitative estimate of drug-likeness (QED) is 0.396. The number of para-hydroxylation sites is 3. The number of nitrogens with zero attached hydrogens (tertiary/aromatic N) is 2. The van der Waals surface area contributed by atoms with Gasteiger partial charge in [0.15, 0.2) is 0 Å². The zero-order valence-corrected chi connectivity index (χ0v) is 18.2. The van der Waals surface area contributed by atoms with Crippen molar-refractivity contribution in [3.63, 3.8) is 0 Å². The van der Waals surface area contributed by atoms with Crippen molar-refractivity contribution in [2.75, 3.05) is 5.75 Å². The summed E-state index contributed by atoms with van der Waals surface area (Å²) in [7, 11) is -3.82. The maximum absolute atomic E-state index is 12.5. The zero-order chi connectivity index (χ0) is 22.4. The summed E-state index contributed by atoms with van der Waals surface area (Å²) in [6.07, 6.45) is 0.0428. The Morgan fingerprint density at radius 3 is 2.31 bits per heavy atom. The molecule has 8 heteroatoms. The topological polar surface area (TPSA) is 90.3 Å². The molecule has 7 nitrogen and oxygen atoms in total. The van der Waals surface area contributed by atoms with Crippen molar-refractivity contribution < 1.29 is 17.4 Å². The van der Waals surface area contributed by atoms with E-state index >= 15 is 0 Å². The molecule has 1 aromatic heterocycles. The Hall–Kier alpha value is -3.65. The highest BCUT2D eigenvalue weighted by Gasteiger charge is 2.18. The van der Waals surface area contributed by atoms with Crippen LogP contribution in [0.5, 0.6) is 5.75 Å². The number of aryl methyl sites for hydroxylation is 1. The molecule has 0 bridgehead atoms. The fraction of sp³-hybridized carbons (Fsp3) is 0.167. The van der Waals surface area contributed by atoms with E-state index in [1.54, 1.807) is 34.9 Å². The molecule has 0 saturated carbocycles. The largest absolute Gasteiger partial charge is 0.382 e. The van der Waals surface area contributed by atoms with Gasteiger partial charge in [-0.1, -0.05) is 60.7 Å². The molecule has 0 fully saturated rings. The SMILES string of the molecule is O=C(Cc1nc2ccccc2n1CCS(=O)(=O)Oc1ccccc1)NCc1ccccc1. The predicted molar refractivity (Wildman–Crippen MR) is 123 cm³/mol. The molecule has 4 rings (SSSR count). The Morgan fingerprint density at radius 2 is 1.56 bits per heavy atom. The normalized spacial score (nSPS) is 11.4. The summed E-state index contributed by atoms with van der Waals surface area (Å²) in [6.45, 7) is 0.538. The molecule has 0 unspecified atom stereocenters. The van der Waals surface area contributed by atoms with E-state index < -0.39 is 10.1 Å². The van der Waals surface area contributed by atoms with E-state index in [0.29, 0.717) is 17.9 Å². The van der Waals surface area contributed by atoms with Crippen LogP contribution in [-0.2, 0) is 34.4 Å². The van der Waals surface area contributed by atoms with Gasteiger partial charge in [-0.2, -0.15) is 8.42 Å². The molecule has 0 aliphatic heterocycles. The number of carbonyl (C=O) groups excluding carboxylic acids is 1. The highest BCUT2D eigenvalue weighted by Crippen LogP contribution is 2.18. The average Bonchev–Trinajstić information content (AvgIpc) is 3.14. The van der Waals surface area contributed by atoms with Crippen LogP contribution in [-0.4, -0.2) is 29.6 Å². The van der Waals surface area contributed by atoms with Gasteiger partial charge in [0.25, 0.3) is 0 Å². The third kappa shape index (κ3) is 5.53. The van der Waals surface area contributed by atoms with Crippen LogP contribution in [0.25, 0.3) is 11.0 Å². The molecular weight excluding hydrogens is 426 g/mol. The number of benzene rings is 3. The smallest absolute Gasteiger partial charge is 0.310 e. The maximum Gasteiger partial charge on any atom is 0.310 e. The molecule has 1 N–H and O–H groups in total. The number of amides is 1. The Bertz CT molecular complexity index is 1300. The highest BCUT2D eigenvalue weighted by atomic mass is 32.2. The van der Waals surface area contributed by atoms with Gasteiger partial charge in [0.05, 0.1) is 17.5 Å². The Balaban J connectivity index is 1.48. The van der Waals surface area contributed by atoms with Crippen LogP contribution in [0.3, 0.4) is 0 Å². The van der Waals surface area contributed by atoms with Gasteiger partial charge in [0.2, 0.25) is 5.91 Å². The summed E-state index contributed by atoms with van der Waals surface area (Å²) in [5, 5.41) is 2.89. The molecule has 1 heterocycles. The van der Waals surface area contributed by atoms with E-state index in [1.807, 2.05) is 54.6 Å². The van der Waals surface area contributed by atoms with Crippen molar-refractivity contribution >= 4 is 27.1 Å². The first-order valence-electron chi connectivity index (χ1n) is 10.2. The highest BCUT2D eigenvalue weighted by molar-refractivity contribution is 7.87. The molecule has 32 heavy (non-hydrogen) atoms. The first-order valence-corrected chi connectivity index (χ1v) is 11.8. The molecule has 0 aliphatic rings. The molecule has 164 valence electrons. The summed E-state index contributed by atoms with van der Waals surface area (Å²) < 4.78 is 31.9. The van der Waals surface area contributed by atoms with Crippen LogP contribution in [0, 0.1) is 0 Å². The number of nitrogens with one attached hydrogen (secondary N) is 1. The zero-order valence-electron chi connectivity index (χ0n) is 17.3. The second kappa shape index (κ2) is 9.65. The monoisotopic (exact) mass is 449 g/mol. The van der Waals surface area contributed by atoms with Gasteiger partial charge < -0.3 is 14.1 Å². The van der Waals surface area contributed by atoms with Gasteiger partial charge in [0, 0.05) is 13.1 Å². The molecule has 1 amide bonds. The number of imidazole rings is 1. The van der Waals surface area contributed by atoms with E-state index in [0.717, 1.165) is 11.1 Å². The van der Waals surface area contributed by atoms with Crippen molar-refractivity contribution in [2.45, 2.75) is 19.5 Å². The van der Waals surface area contributed by atoms with Crippen LogP contribution in [0.1, 0.15) is 11.4 Å². The molecule has 0 radical (unpaired) electrons. The number of fused-ring (bicyclic) bond motifs is 1. The molecule has 0 saturated heterocycles. The third-order valence-corrected chi connectivity index (χ3v) is 6.05. The Kier molecular flexibility index (Phi) is 6.51. The minimum Gasteiger partial charge on any atom is -0.382 e. The van der Waals surface area contributed by atoms with Crippen LogP contribution < -0.4 is 9.50 Å². The molecule has 0 atom stereocenters. The van der Waals surface area contributed by atoms with Gasteiger partial charge in [-0.3, -0.25) is 4.79 Å². The van der Waals surface area contributed by atoms with Gasteiger partial charge in [-0.15, -0.1) is 0 Å². The molecule has 0 spiro atoms. The maximum atomic E-state index is 12.5. The lowest BCUT2D eigenvalue weighted by molar-refractivity contribution is -0.120. The van der Waals surface area contributed by atoms with Crippen molar-refractivity contribution in [3.8, 4) is 5.75 Å². The average molecular weight is 450 g/mol. The molecule has 0 aliphatic carbocycles. The lowest BCUT2D eigenvalue weighted by Gasteiger charge is -2.11. The molecular formula is C24H23N3O4S. The summed E-state index contributed by atoms with van der Waals surface area (Å²) >= 11 is 0. The molecule has 3 aromatic carbocycles. The van der Waals surface area contributed by atoms with Gasteiger partial charge >= 0.3 is 10.1 Å². The predicted octanol–water partition coefficient (Wildman–Crippen LogP) is 3.30. The lowest BCUT2D eigenvalue weighted by atomic mass is 10.2. The van der Waals surface area contributed by atoms with Crippen molar-refractivity contribution in [2.24, 2.45) is 0 Å². The van der Waals surface area contributed by atoms with E-state index in [4.69, 9.17) is 4.18 Å². The van der Waals surface area contributed by atoms with Crippen LogP contribution in [0.4, 0.5) is 0 Å². The number of carbonyl (C=O) groups is 1. The van der Waals surface area contributed by atoms with Crippen molar-refractivity contribution in [3.05, 3.63) is 96.3 Å². The third-order valence-electron chi connectivity index (χ3n) is 4.92. The summed E-state index contributed by atoms with van der Waals surface area (Å²) in [5.41, 5.74) is 2.48. The number of aromatic nitrogens is 2. The van der Waals surface area contributed by atoms with Gasteiger partial charge in [0.1, 0.15) is 17.3 Å². The lowest BCUT2D eigenvalue weighted by Crippen LogP contribution is -2.26. The number of rotatable bonds is 9. The molecule has 4 aromatic rings. The van der Waals surface area contributed by atoms with Crippen molar-refractivity contribution in [1.29, 1.82) is 0 Å².